The SMILES string of the molecule is CCc1cc(Nc2ncc(Br)c(Nc3ccc4nc(C)ccc4c3P(C)(C)=O)n2)c(OC)cc1N1CCC(N2CCN(CCC3CCN(c4cc(F)c(C5CCC(=O)NC5=O)c(F)c4)CC3)CC2)CC1. The van der Waals surface area contributed by atoms with Crippen LogP contribution < -0.4 is 35.8 Å². The number of aryl methyl sites for hydroxylation is 2. The minimum Gasteiger partial charge on any atom is -0.494 e. The topological polar surface area (TPSA) is 148 Å². The van der Waals surface area contributed by atoms with Crippen molar-refractivity contribution >= 4 is 85.6 Å². The van der Waals surface area contributed by atoms with E-state index in [0.717, 1.165) is 125 Å². The summed E-state index contributed by atoms with van der Waals surface area (Å²) in [6.45, 7) is 16.4. The molecule has 14 nitrogen and oxygen atoms in total. The number of methoxy groups -OCH3 is 1. The Morgan fingerprint density at radius 3 is 2.24 bits per heavy atom. The molecule has 372 valence electrons. The van der Waals surface area contributed by atoms with Crippen LogP contribution in [0.5, 0.6) is 5.75 Å². The van der Waals surface area contributed by atoms with Crippen LogP contribution in [0.25, 0.3) is 10.9 Å². The molecule has 3 aromatic carbocycles. The fourth-order valence-electron chi connectivity index (χ4n) is 10.9. The van der Waals surface area contributed by atoms with Gasteiger partial charge in [0.1, 0.15) is 30.3 Å². The second-order valence-electron chi connectivity index (χ2n) is 19.6. The third-order valence-electron chi connectivity index (χ3n) is 14.8. The van der Waals surface area contributed by atoms with Crippen LogP contribution in [0.3, 0.4) is 0 Å². The molecular weight excluding hydrogens is 978 g/mol. The molecule has 0 radical (unpaired) electrons. The van der Waals surface area contributed by atoms with Gasteiger partial charge in [-0.2, -0.15) is 4.98 Å². The fraction of sp³-hybridized carbons (Fsp3) is 0.481. The van der Waals surface area contributed by atoms with Gasteiger partial charge in [-0.25, -0.2) is 13.8 Å². The van der Waals surface area contributed by atoms with E-state index in [0.29, 0.717) is 45.3 Å². The first-order chi connectivity index (χ1) is 33.6. The first kappa shape index (κ1) is 49.7. The quantitative estimate of drug-likeness (QED) is 0.0719. The lowest BCUT2D eigenvalue weighted by molar-refractivity contribution is -0.134. The van der Waals surface area contributed by atoms with Gasteiger partial charge >= 0.3 is 0 Å². The maximum absolute atomic E-state index is 15.2. The molecule has 4 aliphatic heterocycles. The van der Waals surface area contributed by atoms with Crippen LogP contribution in [-0.2, 0) is 20.6 Å². The number of amides is 2. The molecule has 9 rings (SSSR count). The van der Waals surface area contributed by atoms with Crippen LogP contribution >= 0.6 is 23.1 Å². The number of piperazine rings is 1. The normalized spacial score (nSPS) is 19.2. The van der Waals surface area contributed by atoms with E-state index in [1.54, 1.807) is 26.6 Å². The number of aromatic nitrogens is 3. The zero-order chi connectivity index (χ0) is 49.3. The Labute approximate surface area is 417 Å². The minimum absolute atomic E-state index is 0.0710. The second-order valence-corrected chi connectivity index (χ2v) is 23.7. The number of piperidine rings is 3. The van der Waals surface area contributed by atoms with Crippen molar-refractivity contribution in [1.29, 1.82) is 0 Å². The number of carbonyl (C=O) groups excluding carboxylic acids is 2. The standard InChI is InChI=1S/C52H64BrF2N10O4P/c1-6-34-27-44(59-52-56-31-39(53)50(61-52)58-43-11-10-42-37(8-7-32(2)57-42)49(43)70(4,5)68)46(69-3)30-45(34)65-21-16-35(17-22-65)64-25-23-62(24-26-64)18-13-33-14-19-63(20-15-33)36-28-40(54)48(41(55)29-36)38-9-12-47(66)60-51(38)67/h7-8,10-11,27-31,33,35,38H,6,9,12-26H2,1-5H3,(H,60,66,67)(H2,56,58,59,61). The summed E-state index contributed by atoms with van der Waals surface area (Å²) in [6, 6.07) is 15.3. The summed E-state index contributed by atoms with van der Waals surface area (Å²) in [6.07, 6.45) is 7.97. The third kappa shape index (κ3) is 11.0. The van der Waals surface area contributed by atoms with Gasteiger partial charge in [0, 0.05) is 110 Å². The molecule has 0 saturated carbocycles. The number of nitrogens with one attached hydrogen (secondary N) is 3. The highest BCUT2D eigenvalue weighted by Crippen LogP contribution is 2.43. The lowest BCUT2D eigenvalue weighted by Gasteiger charge is -2.44. The van der Waals surface area contributed by atoms with Gasteiger partial charge in [-0.05, 0) is 136 Å². The summed E-state index contributed by atoms with van der Waals surface area (Å²) < 4.78 is 50.8. The van der Waals surface area contributed by atoms with Gasteiger partial charge in [-0.1, -0.05) is 13.0 Å². The van der Waals surface area contributed by atoms with Gasteiger partial charge < -0.3 is 34.6 Å². The molecule has 4 saturated heterocycles. The summed E-state index contributed by atoms with van der Waals surface area (Å²) in [7, 11) is -1.04. The molecule has 0 bridgehead atoms. The van der Waals surface area contributed by atoms with Crippen molar-refractivity contribution in [2.45, 2.75) is 77.2 Å². The average molecular weight is 1040 g/mol. The van der Waals surface area contributed by atoms with E-state index in [4.69, 9.17) is 9.72 Å². The summed E-state index contributed by atoms with van der Waals surface area (Å²) in [5.41, 5.74) is 5.85. The monoisotopic (exact) mass is 1040 g/mol. The van der Waals surface area contributed by atoms with E-state index in [1.165, 1.54) is 23.4 Å². The summed E-state index contributed by atoms with van der Waals surface area (Å²) >= 11 is 3.62. The Bertz CT molecular complexity index is 2790. The summed E-state index contributed by atoms with van der Waals surface area (Å²) in [4.78, 5) is 47.8. The van der Waals surface area contributed by atoms with E-state index in [1.807, 2.05) is 36.1 Å². The van der Waals surface area contributed by atoms with Crippen LogP contribution in [0.4, 0.5) is 43.3 Å². The average Bonchev–Trinajstić information content (AvgIpc) is 3.34. The molecule has 0 aliphatic carbocycles. The van der Waals surface area contributed by atoms with E-state index in [9.17, 15) is 14.2 Å². The zero-order valence-corrected chi connectivity index (χ0v) is 43.3. The van der Waals surface area contributed by atoms with E-state index in [2.05, 4.69) is 75.6 Å². The number of benzene rings is 3. The van der Waals surface area contributed by atoms with Crippen LogP contribution in [0, 0.1) is 24.5 Å². The number of rotatable bonds is 14. The molecule has 1 atom stereocenters. The Morgan fingerprint density at radius 2 is 1.57 bits per heavy atom. The number of halogens is 3. The lowest BCUT2D eigenvalue weighted by Crippen LogP contribution is -2.53. The highest BCUT2D eigenvalue weighted by atomic mass is 79.9. The number of anilines is 6. The first-order valence-corrected chi connectivity index (χ1v) is 28.1. The molecule has 4 fully saturated rings. The Kier molecular flexibility index (Phi) is 15.1. The molecule has 5 aromatic rings. The van der Waals surface area contributed by atoms with Crippen LogP contribution in [0.2, 0.25) is 0 Å². The van der Waals surface area contributed by atoms with Crippen molar-refractivity contribution in [3.05, 3.63) is 87.7 Å². The Hall–Kier alpha value is -5.22. The number of fused-ring (bicyclic) bond motifs is 1. The smallest absolute Gasteiger partial charge is 0.234 e. The van der Waals surface area contributed by atoms with E-state index >= 15 is 8.78 Å². The Morgan fingerprint density at radius 1 is 0.857 bits per heavy atom. The number of hydrogen-bond donors (Lipinski definition) is 3. The third-order valence-corrected chi connectivity index (χ3v) is 16.9. The molecule has 6 heterocycles. The maximum Gasteiger partial charge on any atom is 0.234 e. The summed E-state index contributed by atoms with van der Waals surface area (Å²) in [5.74, 6) is -1.30. The highest BCUT2D eigenvalue weighted by Gasteiger charge is 2.34. The maximum atomic E-state index is 15.2. The van der Waals surface area contributed by atoms with Crippen molar-refractivity contribution < 1.29 is 27.7 Å². The molecule has 1 unspecified atom stereocenters. The molecule has 4 aliphatic rings. The number of imide groups is 1. The predicted octanol–water partition coefficient (Wildman–Crippen LogP) is 9.09. The second kappa shape index (κ2) is 21.2. The molecule has 2 amide bonds. The van der Waals surface area contributed by atoms with Gasteiger partial charge in [-0.15, -0.1) is 0 Å². The van der Waals surface area contributed by atoms with Gasteiger partial charge in [0.2, 0.25) is 17.8 Å². The number of pyridine rings is 1. The van der Waals surface area contributed by atoms with Gasteiger partial charge in [0.05, 0.1) is 34.4 Å². The van der Waals surface area contributed by atoms with Crippen molar-refractivity contribution in [2.75, 3.05) is 99.8 Å². The molecule has 0 spiro atoms. The largest absolute Gasteiger partial charge is 0.494 e. The number of nitrogens with zero attached hydrogens (tertiary/aromatic N) is 7. The fourth-order valence-corrected chi connectivity index (χ4v) is 12.7. The van der Waals surface area contributed by atoms with Crippen molar-refractivity contribution in [1.82, 2.24) is 30.1 Å². The van der Waals surface area contributed by atoms with Crippen LogP contribution in [0.1, 0.15) is 74.6 Å². The van der Waals surface area contributed by atoms with Gasteiger partial charge in [-0.3, -0.25) is 24.8 Å². The Balaban J connectivity index is 0.753. The number of ether oxygens (including phenoxy) is 1. The molecule has 3 N–H and O–H groups in total. The summed E-state index contributed by atoms with van der Waals surface area (Å²) in [5, 5.41) is 10.6. The molecule has 18 heteroatoms. The lowest BCUT2D eigenvalue weighted by atomic mass is 9.89. The predicted molar refractivity (Wildman–Crippen MR) is 279 cm³/mol. The minimum atomic E-state index is -2.73. The number of carbonyl (C=O) groups is 2. The number of hydrogen-bond acceptors (Lipinski definition) is 13. The van der Waals surface area contributed by atoms with Gasteiger partial charge in [0.25, 0.3) is 0 Å². The molecule has 2 aromatic heterocycles. The highest BCUT2D eigenvalue weighted by molar-refractivity contribution is 9.10. The van der Waals surface area contributed by atoms with E-state index < -0.39 is 36.5 Å². The molecular formula is C52H64BrF2N10O4P. The van der Waals surface area contributed by atoms with Crippen molar-refractivity contribution in [2.24, 2.45) is 5.92 Å². The van der Waals surface area contributed by atoms with Crippen molar-refractivity contribution in [3.8, 4) is 5.75 Å². The van der Waals surface area contributed by atoms with Crippen LogP contribution in [-0.4, -0.2) is 122 Å². The van der Waals surface area contributed by atoms with Gasteiger partial charge in [0.15, 0.2) is 0 Å². The first-order valence-electron chi connectivity index (χ1n) is 24.7. The van der Waals surface area contributed by atoms with E-state index in [-0.39, 0.29) is 18.4 Å². The van der Waals surface area contributed by atoms with Crippen molar-refractivity contribution in [3.63, 3.8) is 0 Å². The zero-order valence-electron chi connectivity index (χ0n) is 40.8. The molecule has 70 heavy (non-hydrogen) atoms. The van der Waals surface area contributed by atoms with Crippen LogP contribution in [0.15, 0.2) is 59.2 Å².